The molecular weight excluding hydrogens is 310 g/mol. The van der Waals surface area contributed by atoms with Crippen molar-refractivity contribution in [3.63, 3.8) is 0 Å². The van der Waals surface area contributed by atoms with Gasteiger partial charge < -0.3 is 10.0 Å². The molecule has 0 spiro atoms. The SMILES string of the molecule is O=C(O)C1CCCN1C(=O)/C=C/c1ccccc1Br. The third-order valence-corrected chi connectivity index (χ3v) is 3.85. The number of amides is 1. The van der Waals surface area contributed by atoms with Gasteiger partial charge >= 0.3 is 5.97 Å². The molecule has 1 amide bonds. The van der Waals surface area contributed by atoms with Crippen LogP contribution in [0.4, 0.5) is 0 Å². The van der Waals surface area contributed by atoms with E-state index in [-0.39, 0.29) is 5.91 Å². The lowest BCUT2D eigenvalue weighted by Gasteiger charge is -2.19. The Morgan fingerprint density at radius 1 is 1.37 bits per heavy atom. The monoisotopic (exact) mass is 323 g/mol. The van der Waals surface area contributed by atoms with Crippen LogP contribution in [0, 0.1) is 0 Å². The van der Waals surface area contributed by atoms with Crippen LogP contribution in [0.3, 0.4) is 0 Å². The first-order valence-corrected chi connectivity index (χ1v) is 6.85. The number of aliphatic carboxylic acids is 1. The molecule has 1 aromatic carbocycles. The number of nitrogens with zero attached hydrogens (tertiary/aromatic N) is 1. The predicted octanol–water partition coefficient (Wildman–Crippen LogP) is 2.54. The second-order valence-corrected chi connectivity index (χ2v) is 5.24. The Kier molecular flexibility index (Phi) is 4.37. The van der Waals surface area contributed by atoms with Gasteiger partial charge in [0.05, 0.1) is 0 Å². The molecule has 4 nitrogen and oxygen atoms in total. The van der Waals surface area contributed by atoms with Crippen molar-refractivity contribution in [2.45, 2.75) is 18.9 Å². The Morgan fingerprint density at radius 2 is 2.11 bits per heavy atom. The molecule has 0 radical (unpaired) electrons. The van der Waals surface area contributed by atoms with E-state index in [1.807, 2.05) is 24.3 Å². The highest BCUT2D eigenvalue weighted by molar-refractivity contribution is 9.10. The number of benzene rings is 1. The van der Waals surface area contributed by atoms with Gasteiger partial charge in [-0.3, -0.25) is 4.79 Å². The smallest absolute Gasteiger partial charge is 0.326 e. The van der Waals surface area contributed by atoms with Crippen molar-refractivity contribution in [2.24, 2.45) is 0 Å². The van der Waals surface area contributed by atoms with Crippen LogP contribution in [0.1, 0.15) is 18.4 Å². The average Bonchev–Trinajstić information content (AvgIpc) is 2.87. The maximum atomic E-state index is 12.0. The van der Waals surface area contributed by atoms with Crippen LogP contribution in [0.15, 0.2) is 34.8 Å². The maximum absolute atomic E-state index is 12.0. The molecule has 1 heterocycles. The number of carboxylic acids is 1. The van der Waals surface area contributed by atoms with Gasteiger partial charge in [-0.15, -0.1) is 0 Å². The van der Waals surface area contributed by atoms with Gasteiger partial charge in [-0.2, -0.15) is 0 Å². The molecule has 0 aromatic heterocycles. The number of carboxylic acid groups (broad SMARTS) is 1. The summed E-state index contributed by atoms with van der Waals surface area (Å²) >= 11 is 3.39. The van der Waals surface area contributed by atoms with Crippen LogP contribution >= 0.6 is 15.9 Å². The van der Waals surface area contributed by atoms with E-state index in [0.717, 1.165) is 16.5 Å². The summed E-state index contributed by atoms with van der Waals surface area (Å²) in [6.45, 7) is 0.510. The fraction of sp³-hybridized carbons (Fsp3) is 0.286. The molecule has 1 saturated heterocycles. The summed E-state index contributed by atoms with van der Waals surface area (Å²) in [5.41, 5.74) is 0.891. The number of rotatable bonds is 3. The topological polar surface area (TPSA) is 57.6 Å². The Bertz CT molecular complexity index is 527. The largest absolute Gasteiger partial charge is 0.480 e. The molecule has 1 atom stereocenters. The molecule has 2 rings (SSSR count). The van der Waals surface area contributed by atoms with Gasteiger partial charge in [-0.25, -0.2) is 4.79 Å². The van der Waals surface area contributed by atoms with Crippen LogP contribution < -0.4 is 0 Å². The summed E-state index contributed by atoms with van der Waals surface area (Å²) in [6.07, 6.45) is 4.40. The summed E-state index contributed by atoms with van der Waals surface area (Å²) < 4.78 is 0.898. The molecule has 1 unspecified atom stereocenters. The van der Waals surface area contributed by atoms with Crippen LogP contribution in [0.2, 0.25) is 0 Å². The Morgan fingerprint density at radius 3 is 2.79 bits per heavy atom. The predicted molar refractivity (Wildman–Crippen MR) is 75.5 cm³/mol. The van der Waals surface area contributed by atoms with Crippen molar-refractivity contribution in [3.05, 3.63) is 40.4 Å². The highest BCUT2D eigenvalue weighted by atomic mass is 79.9. The molecule has 1 aliphatic rings. The van der Waals surface area contributed by atoms with Gasteiger partial charge in [-0.1, -0.05) is 34.1 Å². The minimum atomic E-state index is -0.930. The molecule has 0 saturated carbocycles. The molecular formula is C14H14BrNO3. The number of carbonyl (C=O) groups is 2. The van der Waals surface area contributed by atoms with Crippen molar-refractivity contribution in [2.75, 3.05) is 6.54 Å². The summed E-state index contributed by atoms with van der Waals surface area (Å²) in [7, 11) is 0. The lowest BCUT2D eigenvalue weighted by molar-refractivity contribution is -0.146. The van der Waals surface area contributed by atoms with Gasteiger partial charge in [0.2, 0.25) is 5.91 Å². The highest BCUT2D eigenvalue weighted by Gasteiger charge is 2.32. The summed E-state index contributed by atoms with van der Waals surface area (Å²) in [4.78, 5) is 24.4. The summed E-state index contributed by atoms with van der Waals surface area (Å²) in [6, 6.07) is 6.86. The average molecular weight is 324 g/mol. The first-order chi connectivity index (χ1) is 9.09. The van der Waals surface area contributed by atoms with Gasteiger partial charge in [0.25, 0.3) is 0 Å². The molecule has 1 N–H and O–H groups in total. The van der Waals surface area contributed by atoms with E-state index in [0.29, 0.717) is 13.0 Å². The van der Waals surface area contributed by atoms with Crippen LogP contribution in [-0.4, -0.2) is 34.5 Å². The number of carbonyl (C=O) groups excluding carboxylic acids is 1. The molecule has 100 valence electrons. The second-order valence-electron chi connectivity index (χ2n) is 4.38. The minimum Gasteiger partial charge on any atom is -0.480 e. The van der Waals surface area contributed by atoms with Crippen molar-refractivity contribution in [1.82, 2.24) is 4.90 Å². The maximum Gasteiger partial charge on any atom is 0.326 e. The Hall–Kier alpha value is -1.62. The molecule has 0 bridgehead atoms. The standard InChI is InChI=1S/C14H14BrNO3/c15-11-5-2-1-4-10(11)7-8-13(17)16-9-3-6-12(16)14(18)19/h1-2,4-5,7-8,12H,3,6,9H2,(H,18,19)/b8-7+. The van der Waals surface area contributed by atoms with E-state index in [2.05, 4.69) is 15.9 Å². The third-order valence-electron chi connectivity index (χ3n) is 3.13. The fourth-order valence-electron chi connectivity index (χ4n) is 2.15. The lowest BCUT2D eigenvalue weighted by atomic mass is 10.2. The molecule has 1 fully saturated rings. The molecule has 1 aromatic rings. The van der Waals surface area contributed by atoms with Crippen LogP contribution in [0.25, 0.3) is 6.08 Å². The first-order valence-electron chi connectivity index (χ1n) is 6.05. The summed E-state index contributed by atoms with van der Waals surface area (Å²) in [5.74, 6) is -1.18. The quantitative estimate of drug-likeness (QED) is 0.870. The van der Waals surface area contributed by atoms with E-state index in [1.54, 1.807) is 6.08 Å². The van der Waals surface area contributed by atoms with E-state index < -0.39 is 12.0 Å². The van der Waals surface area contributed by atoms with Crippen LogP contribution in [-0.2, 0) is 9.59 Å². The first kappa shape index (κ1) is 13.8. The summed E-state index contributed by atoms with van der Waals surface area (Å²) in [5, 5.41) is 9.04. The zero-order valence-corrected chi connectivity index (χ0v) is 11.8. The van der Waals surface area contributed by atoms with Crippen LogP contribution in [0.5, 0.6) is 0 Å². The number of likely N-dealkylation sites (tertiary alicyclic amines) is 1. The number of hydrogen-bond donors (Lipinski definition) is 1. The van der Waals surface area contributed by atoms with Gasteiger partial charge in [0.15, 0.2) is 0 Å². The van der Waals surface area contributed by atoms with Crippen molar-refractivity contribution in [3.8, 4) is 0 Å². The lowest BCUT2D eigenvalue weighted by Crippen LogP contribution is -2.39. The van der Waals surface area contributed by atoms with E-state index in [4.69, 9.17) is 5.11 Å². The normalized spacial score (nSPS) is 19.0. The fourth-order valence-corrected chi connectivity index (χ4v) is 2.57. The highest BCUT2D eigenvalue weighted by Crippen LogP contribution is 2.20. The van der Waals surface area contributed by atoms with Gasteiger partial charge in [-0.05, 0) is 30.5 Å². The van der Waals surface area contributed by atoms with Gasteiger partial charge in [0, 0.05) is 17.1 Å². The van der Waals surface area contributed by atoms with Crippen molar-refractivity contribution < 1.29 is 14.7 Å². The van der Waals surface area contributed by atoms with Crippen molar-refractivity contribution >= 4 is 33.9 Å². The molecule has 5 heteroatoms. The number of halogens is 1. The minimum absolute atomic E-state index is 0.249. The molecule has 1 aliphatic heterocycles. The van der Waals surface area contributed by atoms with E-state index >= 15 is 0 Å². The molecule has 0 aliphatic carbocycles. The van der Waals surface area contributed by atoms with Gasteiger partial charge in [0.1, 0.15) is 6.04 Å². The molecule has 19 heavy (non-hydrogen) atoms. The second kappa shape index (κ2) is 6.02. The van der Waals surface area contributed by atoms with E-state index in [9.17, 15) is 9.59 Å². The van der Waals surface area contributed by atoms with E-state index in [1.165, 1.54) is 11.0 Å². The zero-order valence-electron chi connectivity index (χ0n) is 10.3. The number of hydrogen-bond acceptors (Lipinski definition) is 2. The van der Waals surface area contributed by atoms with Crippen molar-refractivity contribution in [1.29, 1.82) is 0 Å². The Labute approximate surface area is 119 Å². The third kappa shape index (κ3) is 3.23. The zero-order chi connectivity index (χ0) is 13.8. The Balaban J connectivity index is 2.09.